The van der Waals surface area contributed by atoms with Gasteiger partial charge in [-0.15, -0.1) is 12.4 Å². The molecule has 2 fully saturated rings. The molecule has 2 heterocycles. The molecule has 0 aliphatic carbocycles. The summed E-state index contributed by atoms with van der Waals surface area (Å²) >= 11 is 0. The molecule has 2 N–H and O–H groups in total. The number of benzene rings is 1. The normalized spacial score (nSPS) is 21.5. The predicted molar refractivity (Wildman–Crippen MR) is 97.5 cm³/mol. The van der Waals surface area contributed by atoms with Crippen molar-refractivity contribution in [3.8, 4) is 0 Å². The molecule has 2 unspecified atom stereocenters. The molecule has 5 nitrogen and oxygen atoms in total. The van der Waals surface area contributed by atoms with E-state index in [2.05, 4.69) is 10.6 Å². The monoisotopic (exact) mass is 351 g/mol. The van der Waals surface area contributed by atoms with Gasteiger partial charge < -0.3 is 15.5 Å². The summed E-state index contributed by atoms with van der Waals surface area (Å²) in [5, 5.41) is 6.42. The summed E-state index contributed by atoms with van der Waals surface area (Å²) in [5.41, 5.74) is 1.97. The van der Waals surface area contributed by atoms with Crippen molar-refractivity contribution in [2.75, 3.05) is 18.0 Å². The molecule has 24 heavy (non-hydrogen) atoms. The molecule has 0 bridgehead atoms. The molecule has 2 aliphatic heterocycles. The molecule has 132 valence electrons. The Morgan fingerprint density at radius 1 is 1.42 bits per heavy atom. The number of amides is 2. The fraction of sp³-hybridized carbons (Fsp3) is 0.556. The van der Waals surface area contributed by atoms with E-state index in [0.717, 1.165) is 43.6 Å². The van der Waals surface area contributed by atoms with Gasteiger partial charge >= 0.3 is 0 Å². The number of carbonyl (C=O) groups is 2. The van der Waals surface area contributed by atoms with Gasteiger partial charge in [-0.1, -0.05) is 12.1 Å². The number of hydrogen-bond acceptors (Lipinski definition) is 3. The van der Waals surface area contributed by atoms with Crippen LogP contribution in [0, 0.1) is 0 Å². The molecule has 1 aromatic rings. The second-order valence-corrected chi connectivity index (χ2v) is 6.53. The van der Waals surface area contributed by atoms with Gasteiger partial charge in [0.1, 0.15) is 0 Å². The van der Waals surface area contributed by atoms with Crippen molar-refractivity contribution in [2.24, 2.45) is 0 Å². The third kappa shape index (κ3) is 4.48. The average molecular weight is 352 g/mol. The quantitative estimate of drug-likeness (QED) is 0.857. The first-order valence-electron chi connectivity index (χ1n) is 8.56. The molecule has 6 heteroatoms. The topological polar surface area (TPSA) is 61.4 Å². The Hall–Kier alpha value is -1.59. The number of hydrogen-bond donors (Lipinski definition) is 2. The van der Waals surface area contributed by atoms with Gasteiger partial charge in [0.2, 0.25) is 11.8 Å². The molecule has 0 radical (unpaired) electrons. The first-order chi connectivity index (χ1) is 11.1. The Morgan fingerprint density at radius 2 is 2.25 bits per heavy atom. The number of nitrogens with one attached hydrogen (secondary N) is 2. The minimum absolute atomic E-state index is 0. The highest BCUT2D eigenvalue weighted by atomic mass is 35.5. The smallest absolute Gasteiger partial charge is 0.227 e. The van der Waals surface area contributed by atoms with Crippen LogP contribution in [-0.2, 0) is 9.59 Å². The average Bonchev–Trinajstić information content (AvgIpc) is 3.19. The van der Waals surface area contributed by atoms with Crippen LogP contribution in [0.5, 0.6) is 0 Å². The van der Waals surface area contributed by atoms with E-state index in [1.807, 2.05) is 36.1 Å². The van der Waals surface area contributed by atoms with Crippen LogP contribution < -0.4 is 15.5 Å². The first kappa shape index (κ1) is 18.7. The molecule has 2 aliphatic rings. The zero-order chi connectivity index (χ0) is 16.2. The van der Waals surface area contributed by atoms with Crippen LogP contribution in [0.3, 0.4) is 0 Å². The summed E-state index contributed by atoms with van der Waals surface area (Å²) < 4.78 is 0. The zero-order valence-corrected chi connectivity index (χ0v) is 14.9. The molecule has 0 saturated carbocycles. The van der Waals surface area contributed by atoms with E-state index in [1.165, 1.54) is 0 Å². The van der Waals surface area contributed by atoms with Crippen LogP contribution in [-0.4, -0.2) is 30.9 Å². The van der Waals surface area contributed by atoms with E-state index < -0.39 is 0 Å². The minimum Gasteiger partial charge on any atom is -0.350 e. The molecular formula is C18H26ClN3O2. The minimum atomic E-state index is -0.0541. The maximum atomic E-state index is 12.2. The molecule has 2 atom stereocenters. The van der Waals surface area contributed by atoms with Gasteiger partial charge in [-0.2, -0.15) is 0 Å². The van der Waals surface area contributed by atoms with Gasteiger partial charge in [-0.3, -0.25) is 9.59 Å². The number of rotatable bonds is 5. The Labute approximate surface area is 149 Å². The van der Waals surface area contributed by atoms with Crippen molar-refractivity contribution in [2.45, 2.75) is 51.1 Å². The summed E-state index contributed by atoms with van der Waals surface area (Å²) in [6, 6.07) is 8.20. The fourth-order valence-electron chi connectivity index (χ4n) is 3.42. The lowest BCUT2D eigenvalue weighted by Crippen LogP contribution is -2.33. The largest absolute Gasteiger partial charge is 0.350 e. The summed E-state index contributed by atoms with van der Waals surface area (Å²) in [6.07, 6.45) is 4.32. The number of nitrogens with zero attached hydrogens (tertiary/aromatic N) is 1. The highest BCUT2D eigenvalue weighted by Crippen LogP contribution is 2.24. The Bertz CT molecular complexity index is 587. The highest BCUT2D eigenvalue weighted by molar-refractivity contribution is 5.95. The van der Waals surface area contributed by atoms with Crippen molar-refractivity contribution in [3.63, 3.8) is 0 Å². The second kappa shape index (κ2) is 8.49. The van der Waals surface area contributed by atoms with Crippen molar-refractivity contribution in [1.82, 2.24) is 10.6 Å². The standard InChI is InChI=1S/C18H25N3O2.ClH/c1-13(20-17(22)12-15-6-3-9-19-15)14-5-2-7-16(11-14)21-10-4-8-18(21)23;/h2,5,7,11,13,15,19H,3-4,6,8-10,12H2,1H3,(H,20,22);1H. The maximum Gasteiger partial charge on any atom is 0.227 e. The second-order valence-electron chi connectivity index (χ2n) is 6.53. The summed E-state index contributed by atoms with van der Waals surface area (Å²) in [7, 11) is 0. The van der Waals surface area contributed by atoms with Crippen molar-refractivity contribution in [3.05, 3.63) is 29.8 Å². The molecule has 0 aromatic heterocycles. The van der Waals surface area contributed by atoms with Gasteiger partial charge in [-0.05, 0) is 50.4 Å². The third-order valence-corrected chi connectivity index (χ3v) is 4.73. The molecule has 1 aromatic carbocycles. The first-order valence-corrected chi connectivity index (χ1v) is 8.56. The highest BCUT2D eigenvalue weighted by Gasteiger charge is 2.23. The van der Waals surface area contributed by atoms with Crippen molar-refractivity contribution >= 4 is 29.9 Å². The van der Waals surface area contributed by atoms with Gasteiger partial charge in [-0.25, -0.2) is 0 Å². The molecule has 2 amide bonds. The van der Waals surface area contributed by atoms with E-state index in [1.54, 1.807) is 0 Å². The van der Waals surface area contributed by atoms with E-state index in [0.29, 0.717) is 18.9 Å². The fourth-order valence-corrected chi connectivity index (χ4v) is 3.42. The SMILES string of the molecule is CC(NC(=O)CC1CCCN1)c1cccc(N2CCCC2=O)c1.Cl. The lowest BCUT2D eigenvalue weighted by atomic mass is 10.1. The van der Waals surface area contributed by atoms with Crippen molar-refractivity contribution < 1.29 is 9.59 Å². The number of carbonyl (C=O) groups excluding carboxylic acids is 2. The zero-order valence-electron chi connectivity index (χ0n) is 14.1. The van der Waals surface area contributed by atoms with E-state index in [9.17, 15) is 9.59 Å². The van der Waals surface area contributed by atoms with Crippen LogP contribution in [0.25, 0.3) is 0 Å². The Morgan fingerprint density at radius 3 is 2.92 bits per heavy atom. The number of anilines is 1. The molecular weight excluding hydrogens is 326 g/mol. The summed E-state index contributed by atoms with van der Waals surface area (Å²) in [5.74, 6) is 0.269. The maximum absolute atomic E-state index is 12.2. The van der Waals surface area contributed by atoms with Gasteiger partial charge in [0.15, 0.2) is 0 Å². The van der Waals surface area contributed by atoms with E-state index in [-0.39, 0.29) is 30.3 Å². The summed E-state index contributed by atoms with van der Waals surface area (Å²) in [6.45, 7) is 3.79. The van der Waals surface area contributed by atoms with Gasteiger partial charge in [0, 0.05) is 31.1 Å². The number of halogens is 1. The van der Waals surface area contributed by atoms with Gasteiger partial charge in [0.05, 0.1) is 6.04 Å². The molecule has 2 saturated heterocycles. The molecule has 0 spiro atoms. The third-order valence-electron chi connectivity index (χ3n) is 4.73. The molecule has 3 rings (SSSR count). The van der Waals surface area contributed by atoms with Crippen LogP contribution in [0.1, 0.15) is 50.6 Å². The lowest BCUT2D eigenvalue weighted by Gasteiger charge is -2.20. The Balaban J connectivity index is 0.00000208. The predicted octanol–water partition coefficient (Wildman–Crippen LogP) is 2.55. The van der Waals surface area contributed by atoms with E-state index >= 15 is 0 Å². The summed E-state index contributed by atoms with van der Waals surface area (Å²) in [4.78, 5) is 25.9. The van der Waals surface area contributed by atoms with Crippen LogP contribution >= 0.6 is 12.4 Å². The van der Waals surface area contributed by atoms with Crippen molar-refractivity contribution in [1.29, 1.82) is 0 Å². The van der Waals surface area contributed by atoms with E-state index in [4.69, 9.17) is 0 Å². The van der Waals surface area contributed by atoms with Gasteiger partial charge in [0.25, 0.3) is 0 Å². The lowest BCUT2D eigenvalue weighted by molar-refractivity contribution is -0.122. The van der Waals surface area contributed by atoms with Crippen LogP contribution in [0.2, 0.25) is 0 Å². The van der Waals surface area contributed by atoms with Crippen LogP contribution in [0.4, 0.5) is 5.69 Å². The van der Waals surface area contributed by atoms with Crippen LogP contribution in [0.15, 0.2) is 24.3 Å². The Kier molecular flexibility index (Phi) is 6.63.